The SMILES string of the molecule is CC(C)CCCCNc1nc(NN)nc2ccccc12. The van der Waals surface area contributed by atoms with Gasteiger partial charge in [-0.1, -0.05) is 38.8 Å². The number of anilines is 2. The summed E-state index contributed by atoms with van der Waals surface area (Å²) in [6.45, 7) is 5.42. The van der Waals surface area contributed by atoms with Gasteiger partial charge in [-0.3, -0.25) is 5.43 Å². The fraction of sp³-hybridized carbons (Fsp3) is 0.467. The largest absolute Gasteiger partial charge is 0.369 e. The van der Waals surface area contributed by atoms with Gasteiger partial charge in [-0.25, -0.2) is 10.8 Å². The molecule has 20 heavy (non-hydrogen) atoms. The average Bonchev–Trinajstić information content (AvgIpc) is 2.46. The molecule has 0 saturated heterocycles. The molecule has 0 aliphatic rings. The number of hydrogen-bond acceptors (Lipinski definition) is 5. The first-order chi connectivity index (χ1) is 9.70. The van der Waals surface area contributed by atoms with Crippen LogP contribution in [0.2, 0.25) is 0 Å². The zero-order valence-electron chi connectivity index (χ0n) is 12.2. The molecule has 1 heterocycles. The minimum Gasteiger partial charge on any atom is -0.369 e. The smallest absolute Gasteiger partial charge is 0.239 e. The highest BCUT2D eigenvalue weighted by Gasteiger charge is 2.06. The zero-order chi connectivity index (χ0) is 14.4. The molecular weight excluding hydrogens is 250 g/mol. The number of benzene rings is 1. The molecule has 2 aromatic rings. The Balaban J connectivity index is 2.04. The van der Waals surface area contributed by atoms with E-state index in [-0.39, 0.29) is 0 Å². The highest BCUT2D eigenvalue weighted by Crippen LogP contribution is 2.21. The maximum Gasteiger partial charge on any atom is 0.239 e. The van der Waals surface area contributed by atoms with E-state index in [1.807, 2.05) is 24.3 Å². The number of nitrogens with zero attached hydrogens (tertiary/aromatic N) is 2. The molecule has 5 nitrogen and oxygen atoms in total. The number of nitrogens with two attached hydrogens (primary N) is 1. The van der Waals surface area contributed by atoms with Gasteiger partial charge in [0.1, 0.15) is 5.82 Å². The molecule has 108 valence electrons. The van der Waals surface area contributed by atoms with E-state index in [0.29, 0.717) is 5.95 Å². The lowest BCUT2D eigenvalue weighted by atomic mass is 10.1. The van der Waals surface area contributed by atoms with Gasteiger partial charge in [0.25, 0.3) is 0 Å². The fourth-order valence-electron chi connectivity index (χ4n) is 2.16. The van der Waals surface area contributed by atoms with Crippen molar-refractivity contribution in [2.45, 2.75) is 33.1 Å². The first-order valence-corrected chi connectivity index (χ1v) is 7.18. The summed E-state index contributed by atoms with van der Waals surface area (Å²) in [6.07, 6.45) is 3.64. The number of hydrazine groups is 1. The average molecular weight is 273 g/mol. The van der Waals surface area contributed by atoms with E-state index in [4.69, 9.17) is 5.84 Å². The second kappa shape index (κ2) is 7.05. The summed E-state index contributed by atoms with van der Waals surface area (Å²) in [5, 5.41) is 4.41. The van der Waals surface area contributed by atoms with Crippen molar-refractivity contribution < 1.29 is 0 Å². The van der Waals surface area contributed by atoms with Crippen LogP contribution in [0.3, 0.4) is 0 Å². The van der Waals surface area contributed by atoms with Gasteiger partial charge in [0.05, 0.1) is 5.52 Å². The Morgan fingerprint density at radius 2 is 1.95 bits per heavy atom. The topological polar surface area (TPSA) is 75.9 Å². The number of para-hydroxylation sites is 1. The first-order valence-electron chi connectivity index (χ1n) is 7.18. The van der Waals surface area contributed by atoms with Crippen molar-refractivity contribution in [3.63, 3.8) is 0 Å². The maximum atomic E-state index is 5.42. The Morgan fingerprint density at radius 3 is 2.70 bits per heavy atom. The third-order valence-electron chi connectivity index (χ3n) is 3.23. The summed E-state index contributed by atoms with van der Waals surface area (Å²) in [7, 11) is 0. The van der Waals surface area contributed by atoms with Gasteiger partial charge in [-0.2, -0.15) is 4.98 Å². The monoisotopic (exact) mass is 273 g/mol. The van der Waals surface area contributed by atoms with E-state index in [1.165, 1.54) is 12.8 Å². The van der Waals surface area contributed by atoms with Crippen molar-refractivity contribution in [1.82, 2.24) is 9.97 Å². The van der Waals surface area contributed by atoms with E-state index in [9.17, 15) is 0 Å². The van der Waals surface area contributed by atoms with Crippen LogP contribution >= 0.6 is 0 Å². The number of aromatic nitrogens is 2. The van der Waals surface area contributed by atoms with Gasteiger partial charge in [0, 0.05) is 11.9 Å². The van der Waals surface area contributed by atoms with Gasteiger partial charge in [-0.05, 0) is 24.5 Å². The molecule has 0 aliphatic heterocycles. The highest BCUT2D eigenvalue weighted by atomic mass is 15.3. The number of fused-ring (bicyclic) bond motifs is 1. The third-order valence-corrected chi connectivity index (χ3v) is 3.23. The molecule has 1 aromatic heterocycles. The lowest BCUT2D eigenvalue weighted by molar-refractivity contribution is 0.544. The second-order valence-electron chi connectivity index (χ2n) is 5.37. The maximum absolute atomic E-state index is 5.42. The van der Waals surface area contributed by atoms with Crippen LogP contribution in [0.1, 0.15) is 33.1 Å². The minimum atomic E-state index is 0.438. The van der Waals surface area contributed by atoms with E-state index >= 15 is 0 Å². The van der Waals surface area contributed by atoms with Crippen LogP contribution in [0, 0.1) is 5.92 Å². The molecule has 0 radical (unpaired) electrons. The molecule has 0 saturated carbocycles. The molecule has 0 unspecified atom stereocenters. The predicted molar refractivity (Wildman–Crippen MR) is 84.5 cm³/mol. The fourth-order valence-corrected chi connectivity index (χ4v) is 2.16. The molecule has 0 atom stereocenters. The summed E-state index contributed by atoms with van der Waals surface area (Å²) in [6, 6.07) is 7.93. The van der Waals surface area contributed by atoms with Gasteiger partial charge in [0.15, 0.2) is 0 Å². The number of nitrogens with one attached hydrogen (secondary N) is 2. The molecule has 4 N–H and O–H groups in total. The van der Waals surface area contributed by atoms with Crippen LogP contribution in [0.25, 0.3) is 10.9 Å². The van der Waals surface area contributed by atoms with E-state index in [1.54, 1.807) is 0 Å². The second-order valence-corrected chi connectivity index (χ2v) is 5.37. The molecule has 0 fully saturated rings. The molecule has 1 aromatic carbocycles. The van der Waals surface area contributed by atoms with Gasteiger partial charge in [0.2, 0.25) is 5.95 Å². The lowest BCUT2D eigenvalue weighted by Gasteiger charge is -2.10. The third kappa shape index (κ3) is 3.81. The first kappa shape index (κ1) is 14.5. The number of nitrogen functional groups attached to an aromatic ring is 1. The van der Waals surface area contributed by atoms with Crippen molar-refractivity contribution in [2.24, 2.45) is 11.8 Å². The van der Waals surface area contributed by atoms with Crippen LogP contribution in [0.5, 0.6) is 0 Å². The standard InChI is InChI=1S/C15H23N5/c1-11(2)7-5-6-10-17-14-12-8-3-4-9-13(12)18-15(19-14)20-16/h3-4,8-9,11H,5-7,10,16H2,1-2H3,(H2,17,18,19,20). The number of unbranched alkanes of at least 4 members (excludes halogenated alkanes) is 1. The van der Waals surface area contributed by atoms with E-state index in [0.717, 1.165) is 35.6 Å². The van der Waals surface area contributed by atoms with E-state index in [2.05, 4.69) is 34.6 Å². The summed E-state index contributed by atoms with van der Waals surface area (Å²) in [5.41, 5.74) is 3.40. The molecule has 0 bridgehead atoms. The molecule has 2 rings (SSSR count). The van der Waals surface area contributed by atoms with Crippen LogP contribution in [-0.2, 0) is 0 Å². The highest BCUT2D eigenvalue weighted by molar-refractivity contribution is 5.89. The van der Waals surface area contributed by atoms with Crippen molar-refractivity contribution in [2.75, 3.05) is 17.3 Å². The van der Waals surface area contributed by atoms with Gasteiger partial charge >= 0.3 is 0 Å². The minimum absolute atomic E-state index is 0.438. The summed E-state index contributed by atoms with van der Waals surface area (Å²) >= 11 is 0. The molecule has 0 aliphatic carbocycles. The lowest BCUT2D eigenvalue weighted by Crippen LogP contribution is -2.13. The summed E-state index contributed by atoms with van der Waals surface area (Å²) in [4.78, 5) is 8.73. The molecular formula is C15H23N5. The van der Waals surface area contributed by atoms with Gasteiger partial charge < -0.3 is 5.32 Å². The Kier molecular flexibility index (Phi) is 5.12. The van der Waals surface area contributed by atoms with Crippen molar-refractivity contribution in [3.05, 3.63) is 24.3 Å². The number of rotatable bonds is 7. The normalized spacial score (nSPS) is 11.0. The van der Waals surface area contributed by atoms with Gasteiger partial charge in [-0.15, -0.1) is 0 Å². The van der Waals surface area contributed by atoms with Crippen molar-refractivity contribution >= 4 is 22.7 Å². The van der Waals surface area contributed by atoms with Crippen molar-refractivity contribution in [3.8, 4) is 0 Å². The van der Waals surface area contributed by atoms with Crippen LogP contribution < -0.4 is 16.6 Å². The Morgan fingerprint density at radius 1 is 1.15 bits per heavy atom. The molecule has 0 spiro atoms. The molecule has 0 amide bonds. The van der Waals surface area contributed by atoms with Crippen molar-refractivity contribution in [1.29, 1.82) is 0 Å². The summed E-state index contributed by atoms with van der Waals surface area (Å²) in [5.74, 6) is 7.46. The van der Waals surface area contributed by atoms with Crippen LogP contribution in [0.15, 0.2) is 24.3 Å². The summed E-state index contributed by atoms with van der Waals surface area (Å²) < 4.78 is 0. The predicted octanol–water partition coefficient (Wildman–Crippen LogP) is 3.15. The van der Waals surface area contributed by atoms with Crippen LogP contribution in [-0.4, -0.2) is 16.5 Å². The Labute approximate surface area is 120 Å². The Bertz CT molecular complexity index is 553. The van der Waals surface area contributed by atoms with Crippen LogP contribution in [0.4, 0.5) is 11.8 Å². The van der Waals surface area contributed by atoms with E-state index < -0.39 is 0 Å². The Hall–Kier alpha value is -1.88. The zero-order valence-corrected chi connectivity index (χ0v) is 12.2. The number of hydrogen-bond donors (Lipinski definition) is 3. The quantitative estimate of drug-likeness (QED) is 0.410. The molecule has 5 heteroatoms.